The first kappa shape index (κ1) is 30.9. The van der Waals surface area contributed by atoms with Crippen LogP contribution < -0.4 is 14.5 Å². The lowest BCUT2D eigenvalue weighted by Crippen LogP contribution is -2.35. The average Bonchev–Trinajstić information content (AvgIpc) is 3.41. The van der Waals surface area contributed by atoms with Gasteiger partial charge < -0.3 is 9.47 Å². The molecular formula is C31H35F3N4O4S. The number of anilines is 2. The SMILES string of the molecule is CC[C@H](CC1CCOCC1)C(=O)N(C)c1nc(-c2cc(OC(F)F)ccc2-c2ccc(N3CCCCC3=O)nc2)c(F)s1. The minimum Gasteiger partial charge on any atom is -0.435 e. The predicted molar refractivity (Wildman–Crippen MR) is 159 cm³/mol. The highest BCUT2D eigenvalue weighted by molar-refractivity contribution is 7.14. The fourth-order valence-electron chi connectivity index (χ4n) is 5.70. The monoisotopic (exact) mass is 616 g/mol. The van der Waals surface area contributed by atoms with E-state index in [1.54, 1.807) is 36.3 Å². The summed E-state index contributed by atoms with van der Waals surface area (Å²) in [6.45, 7) is 0.867. The topological polar surface area (TPSA) is 84.9 Å². The van der Waals surface area contributed by atoms with Crippen LogP contribution in [-0.4, -0.2) is 55.2 Å². The number of pyridine rings is 1. The van der Waals surface area contributed by atoms with Gasteiger partial charge >= 0.3 is 6.61 Å². The molecule has 0 bridgehead atoms. The van der Waals surface area contributed by atoms with Crippen LogP contribution >= 0.6 is 11.3 Å². The Morgan fingerprint density at radius 1 is 1.19 bits per heavy atom. The molecule has 0 radical (unpaired) electrons. The summed E-state index contributed by atoms with van der Waals surface area (Å²) >= 11 is 0.723. The molecular weight excluding hydrogens is 581 g/mol. The second-order valence-corrected chi connectivity index (χ2v) is 11.8. The van der Waals surface area contributed by atoms with Gasteiger partial charge in [-0.1, -0.05) is 18.3 Å². The van der Waals surface area contributed by atoms with E-state index in [1.807, 2.05) is 6.92 Å². The van der Waals surface area contributed by atoms with Gasteiger partial charge in [0.15, 0.2) is 5.13 Å². The molecule has 2 aliphatic rings. The van der Waals surface area contributed by atoms with Crippen LogP contribution in [0.4, 0.5) is 24.1 Å². The van der Waals surface area contributed by atoms with E-state index in [0.29, 0.717) is 55.5 Å². The van der Waals surface area contributed by atoms with Crippen molar-refractivity contribution >= 4 is 34.1 Å². The van der Waals surface area contributed by atoms with Crippen LogP contribution in [0.1, 0.15) is 51.9 Å². The molecule has 0 spiro atoms. The molecule has 0 N–H and O–H groups in total. The fraction of sp³-hybridized carbons (Fsp3) is 0.484. The number of ether oxygens (including phenoxy) is 2. The zero-order valence-corrected chi connectivity index (χ0v) is 25.0. The maximum Gasteiger partial charge on any atom is 0.387 e. The average molecular weight is 617 g/mol. The Morgan fingerprint density at radius 3 is 2.65 bits per heavy atom. The Hall–Kier alpha value is -3.51. The van der Waals surface area contributed by atoms with Gasteiger partial charge in [-0.15, -0.1) is 0 Å². The number of thiazole rings is 1. The second kappa shape index (κ2) is 13.9. The zero-order valence-electron chi connectivity index (χ0n) is 24.2. The first-order valence-corrected chi connectivity index (χ1v) is 15.4. The third kappa shape index (κ3) is 7.18. The molecule has 0 saturated carbocycles. The lowest BCUT2D eigenvalue weighted by molar-refractivity contribution is -0.123. The highest BCUT2D eigenvalue weighted by Crippen LogP contribution is 2.40. The number of carbonyl (C=O) groups excluding carboxylic acids is 2. The molecule has 0 aliphatic carbocycles. The minimum atomic E-state index is -3.07. The van der Waals surface area contributed by atoms with Crippen molar-refractivity contribution in [3.63, 3.8) is 0 Å². The molecule has 2 fully saturated rings. The van der Waals surface area contributed by atoms with Crippen LogP contribution in [0.25, 0.3) is 22.4 Å². The lowest BCUT2D eigenvalue weighted by atomic mass is 9.87. The van der Waals surface area contributed by atoms with Crippen LogP contribution in [0.3, 0.4) is 0 Å². The van der Waals surface area contributed by atoms with Crippen molar-refractivity contribution in [2.45, 2.75) is 58.5 Å². The quantitative estimate of drug-likeness (QED) is 0.246. The third-order valence-electron chi connectivity index (χ3n) is 8.12. The highest BCUT2D eigenvalue weighted by Gasteiger charge is 2.29. The van der Waals surface area contributed by atoms with Gasteiger partial charge in [0.2, 0.25) is 16.9 Å². The van der Waals surface area contributed by atoms with Gasteiger partial charge in [-0.05, 0) is 80.3 Å². The molecule has 4 heterocycles. The van der Waals surface area contributed by atoms with Gasteiger partial charge in [-0.2, -0.15) is 13.2 Å². The summed E-state index contributed by atoms with van der Waals surface area (Å²) in [6, 6.07) is 7.69. The second-order valence-electron chi connectivity index (χ2n) is 10.9. The number of hydrogen-bond acceptors (Lipinski definition) is 7. The van der Waals surface area contributed by atoms with E-state index in [4.69, 9.17) is 4.74 Å². The first-order valence-electron chi connectivity index (χ1n) is 14.6. The van der Waals surface area contributed by atoms with Crippen molar-refractivity contribution in [3.05, 3.63) is 41.7 Å². The van der Waals surface area contributed by atoms with Crippen LogP contribution in [0, 0.1) is 17.0 Å². The lowest BCUT2D eigenvalue weighted by Gasteiger charge is -2.27. The molecule has 2 aromatic heterocycles. The van der Waals surface area contributed by atoms with Gasteiger partial charge in [-0.3, -0.25) is 19.4 Å². The van der Waals surface area contributed by atoms with Gasteiger partial charge in [0, 0.05) is 56.5 Å². The fourth-order valence-corrected chi connectivity index (χ4v) is 6.47. The van der Waals surface area contributed by atoms with Crippen molar-refractivity contribution in [2.75, 3.05) is 36.6 Å². The largest absolute Gasteiger partial charge is 0.435 e. The maximum absolute atomic E-state index is 15.6. The Labute approximate surface area is 252 Å². The number of alkyl halides is 2. The van der Waals surface area contributed by atoms with Crippen LogP contribution in [-0.2, 0) is 14.3 Å². The number of nitrogens with zero attached hydrogens (tertiary/aromatic N) is 4. The molecule has 3 aromatic rings. The van der Waals surface area contributed by atoms with Crippen LogP contribution in [0.2, 0.25) is 0 Å². The van der Waals surface area contributed by atoms with Crippen LogP contribution in [0.15, 0.2) is 36.5 Å². The Bertz CT molecular complexity index is 1430. The maximum atomic E-state index is 15.6. The molecule has 1 aromatic carbocycles. The first-order chi connectivity index (χ1) is 20.7. The minimum absolute atomic E-state index is 0.00880. The Kier molecular flexibility index (Phi) is 9.97. The van der Waals surface area contributed by atoms with Gasteiger partial charge in [-0.25, -0.2) is 9.97 Å². The summed E-state index contributed by atoms with van der Waals surface area (Å²) in [6.07, 6.45) is 6.96. The third-order valence-corrected chi connectivity index (χ3v) is 9.04. The number of piperidine rings is 1. The summed E-state index contributed by atoms with van der Waals surface area (Å²) in [4.78, 5) is 37.8. The molecule has 43 heavy (non-hydrogen) atoms. The number of amides is 2. The number of aromatic nitrogens is 2. The molecule has 12 heteroatoms. The van der Waals surface area contributed by atoms with Gasteiger partial charge in [0.05, 0.1) is 0 Å². The molecule has 1 atom stereocenters. The molecule has 2 amide bonds. The van der Waals surface area contributed by atoms with E-state index in [0.717, 1.165) is 43.4 Å². The molecule has 5 rings (SSSR count). The van der Waals surface area contributed by atoms with E-state index < -0.39 is 11.7 Å². The summed E-state index contributed by atoms with van der Waals surface area (Å²) in [5.74, 6) is 0.385. The van der Waals surface area contributed by atoms with E-state index in [9.17, 15) is 18.4 Å². The Morgan fingerprint density at radius 2 is 1.98 bits per heavy atom. The number of benzene rings is 1. The number of carbonyl (C=O) groups is 2. The highest BCUT2D eigenvalue weighted by atomic mass is 32.1. The van der Waals surface area contributed by atoms with Crippen molar-refractivity contribution in [2.24, 2.45) is 11.8 Å². The molecule has 230 valence electrons. The van der Waals surface area contributed by atoms with E-state index in [1.165, 1.54) is 17.0 Å². The van der Waals surface area contributed by atoms with E-state index >= 15 is 4.39 Å². The van der Waals surface area contributed by atoms with Gasteiger partial charge in [0.25, 0.3) is 0 Å². The van der Waals surface area contributed by atoms with Crippen molar-refractivity contribution < 1.29 is 32.2 Å². The van der Waals surface area contributed by atoms with Crippen molar-refractivity contribution in [3.8, 4) is 28.1 Å². The van der Waals surface area contributed by atoms with Crippen molar-refractivity contribution in [1.82, 2.24) is 9.97 Å². The van der Waals surface area contributed by atoms with Gasteiger partial charge in [0.1, 0.15) is 17.3 Å². The number of hydrogen-bond donors (Lipinski definition) is 0. The van der Waals surface area contributed by atoms with E-state index in [-0.39, 0.29) is 39.9 Å². The standard InChI is InChI=1S/C31H35F3N4O4S/c1-3-20(16-19-11-14-41-15-12-19)29(40)37(2)31-36-27(28(32)43-31)24-17-22(42-30(33)34)8-9-23(24)21-7-10-25(35-18-21)38-13-5-4-6-26(38)39/h7-10,17-20,30H,3-6,11-16H2,1-2H3/t20-/m1/s1. The smallest absolute Gasteiger partial charge is 0.387 e. The predicted octanol–water partition coefficient (Wildman–Crippen LogP) is 6.94. The summed E-state index contributed by atoms with van der Waals surface area (Å²) in [5.41, 5.74) is 1.20. The molecule has 2 aliphatic heterocycles. The van der Waals surface area contributed by atoms with E-state index in [2.05, 4.69) is 14.7 Å². The summed E-state index contributed by atoms with van der Waals surface area (Å²) in [5, 5.41) is -0.489. The molecule has 8 nitrogen and oxygen atoms in total. The zero-order chi connectivity index (χ0) is 30.5. The van der Waals surface area contributed by atoms with Crippen molar-refractivity contribution in [1.29, 1.82) is 0 Å². The molecule has 2 saturated heterocycles. The number of halogens is 3. The Balaban J connectivity index is 1.44. The number of rotatable bonds is 10. The van der Waals surface area contributed by atoms with Crippen LogP contribution in [0.5, 0.6) is 5.75 Å². The summed E-state index contributed by atoms with van der Waals surface area (Å²) < 4.78 is 51.8. The normalized spacial score (nSPS) is 16.9. The molecule has 0 unspecified atom stereocenters. The summed E-state index contributed by atoms with van der Waals surface area (Å²) in [7, 11) is 1.58.